The van der Waals surface area contributed by atoms with E-state index in [4.69, 9.17) is 0 Å². The first-order chi connectivity index (χ1) is 13.3. The van der Waals surface area contributed by atoms with Crippen molar-refractivity contribution in [2.24, 2.45) is 0 Å². The molecule has 1 saturated carbocycles. The van der Waals surface area contributed by atoms with E-state index in [9.17, 15) is 4.79 Å². The van der Waals surface area contributed by atoms with Gasteiger partial charge >= 0.3 is 0 Å². The fraction of sp³-hybridized carbons (Fsp3) is 0.619. The zero-order chi connectivity index (χ0) is 18.5. The van der Waals surface area contributed by atoms with Crippen molar-refractivity contribution in [2.75, 3.05) is 26.2 Å². The van der Waals surface area contributed by atoms with Crippen LogP contribution in [0.4, 0.5) is 0 Å². The van der Waals surface area contributed by atoms with Gasteiger partial charge in [0.15, 0.2) is 0 Å². The molecule has 2 aliphatic rings. The van der Waals surface area contributed by atoms with Gasteiger partial charge < -0.3 is 15.5 Å². The van der Waals surface area contributed by atoms with Crippen LogP contribution in [0, 0.1) is 0 Å². The van der Waals surface area contributed by atoms with Gasteiger partial charge in [0, 0.05) is 31.4 Å². The molecule has 4 rings (SSSR count). The monoisotopic (exact) mass is 369 g/mol. The van der Waals surface area contributed by atoms with Crippen molar-refractivity contribution in [3.8, 4) is 0 Å². The largest absolute Gasteiger partial charge is 0.331 e. The van der Waals surface area contributed by atoms with Gasteiger partial charge in [0.2, 0.25) is 0 Å². The highest BCUT2D eigenvalue weighted by Gasteiger charge is 2.26. The molecule has 0 radical (unpaired) electrons. The molecule has 0 spiro atoms. The van der Waals surface area contributed by atoms with Crippen molar-refractivity contribution in [2.45, 2.75) is 57.5 Å². The van der Waals surface area contributed by atoms with Crippen LogP contribution < -0.4 is 10.6 Å². The first kappa shape index (κ1) is 18.4. The summed E-state index contributed by atoms with van der Waals surface area (Å²) in [7, 11) is 0. The summed E-state index contributed by atoms with van der Waals surface area (Å²) in [6.45, 7) is 4.59. The molecule has 2 aromatic heterocycles. The number of amides is 1. The number of carbonyl (C=O) groups is 1. The van der Waals surface area contributed by atoms with E-state index in [-0.39, 0.29) is 5.91 Å². The standard InChI is InChI=1S/C21H31N5O/c27-21-19-15-24-20-10-6-9-18(26(19)20)16-25(21)14-5-4-11-22-12-13-23-17-7-2-1-3-8-17/h6,9-10,15,17,22-23H,1-5,7-8,11-14,16H2. The Bertz CT molecular complexity index is 765. The van der Waals surface area contributed by atoms with Crippen LogP contribution in [0.5, 0.6) is 0 Å². The second-order valence-electron chi connectivity index (χ2n) is 7.83. The average molecular weight is 370 g/mol. The van der Waals surface area contributed by atoms with Crippen molar-refractivity contribution in [3.05, 3.63) is 35.8 Å². The topological polar surface area (TPSA) is 61.7 Å². The SMILES string of the molecule is O=C1c2cnc3cccc(n23)CN1CCCCNCCNC1CCCCC1. The predicted octanol–water partition coefficient (Wildman–Crippen LogP) is 2.58. The van der Waals surface area contributed by atoms with Crippen molar-refractivity contribution in [1.82, 2.24) is 24.9 Å². The number of unbranched alkanes of at least 4 members (excludes halogenated alkanes) is 1. The fourth-order valence-corrected chi connectivity index (χ4v) is 4.34. The molecule has 0 aromatic carbocycles. The Labute approximate surface area is 161 Å². The van der Waals surface area contributed by atoms with Gasteiger partial charge in [-0.05, 0) is 44.4 Å². The second-order valence-corrected chi connectivity index (χ2v) is 7.83. The van der Waals surface area contributed by atoms with Gasteiger partial charge in [0.1, 0.15) is 11.3 Å². The Morgan fingerprint density at radius 3 is 2.85 bits per heavy atom. The van der Waals surface area contributed by atoms with Gasteiger partial charge in [-0.15, -0.1) is 0 Å². The molecular formula is C21H31N5O. The highest BCUT2D eigenvalue weighted by Crippen LogP contribution is 2.20. The first-order valence-electron chi connectivity index (χ1n) is 10.5. The minimum Gasteiger partial charge on any atom is -0.331 e. The number of nitrogens with one attached hydrogen (secondary N) is 2. The lowest BCUT2D eigenvalue weighted by Crippen LogP contribution is -2.37. The minimum atomic E-state index is 0.103. The van der Waals surface area contributed by atoms with E-state index in [0.29, 0.717) is 12.2 Å². The summed E-state index contributed by atoms with van der Waals surface area (Å²) in [5.74, 6) is 0.103. The number of pyridine rings is 1. The number of nitrogens with zero attached hydrogens (tertiary/aromatic N) is 3. The van der Waals surface area contributed by atoms with Crippen molar-refractivity contribution in [1.29, 1.82) is 0 Å². The Kier molecular flexibility index (Phi) is 6.04. The first-order valence-corrected chi connectivity index (χ1v) is 10.5. The number of imidazole rings is 1. The van der Waals surface area contributed by atoms with Crippen molar-refractivity contribution >= 4 is 11.6 Å². The van der Waals surface area contributed by atoms with Gasteiger partial charge in [-0.3, -0.25) is 9.20 Å². The quantitative estimate of drug-likeness (QED) is 0.667. The summed E-state index contributed by atoms with van der Waals surface area (Å²) in [5, 5.41) is 7.18. The van der Waals surface area contributed by atoms with Gasteiger partial charge in [0.05, 0.1) is 12.7 Å². The molecule has 0 unspecified atom stereocenters. The van der Waals surface area contributed by atoms with E-state index in [0.717, 1.165) is 56.4 Å². The zero-order valence-corrected chi connectivity index (χ0v) is 16.1. The van der Waals surface area contributed by atoms with Crippen LogP contribution in [0.3, 0.4) is 0 Å². The maximum Gasteiger partial charge on any atom is 0.272 e. The molecule has 0 saturated heterocycles. The van der Waals surface area contributed by atoms with Gasteiger partial charge in [-0.25, -0.2) is 4.98 Å². The van der Waals surface area contributed by atoms with Crippen LogP contribution in [-0.2, 0) is 6.54 Å². The highest BCUT2D eigenvalue weighted by molar-refractivity contribution is 5.94. The van der Waals surface area contributed by atoms with Crippen LogP contribution in [0.15, 0.2) is 24.4 Å². The lowest BCUT2D eigenvalue weighted by Gasteiger charge is -2.27. The van der Waals surface area contributed by atoms with E-state index in [1.807, 2.05) is 21.4 Å². The molecule has 1 aliphatic carbocycles. The van der Waals surface area contributed by atoms with Gasteiger partial charge in [-0.1, -0.05) is 25.3 Å². The Balaban J connectivity index is 1.13. The fourth-order valence-electron chi connectivity index (χ4n) is 4.34. The van der Waals surface area contributed by atoms with Crippen LogP contribution in [0.25, 0.3) is 5.65 Å². The molecule has 0 atom stereocenters. The summed E-state index contributed by atoms with van der Waals surface area (Å²) < 4.78 is 1.99. The van der Waals surface area contributed by atoms with E-state index >= 15 is 0 Å². The molecule has 3 heterocycles. The maximum absolute atomic E-state index is 12.7. The molecule has 2 aromatic rings. The van der Waals surface area contributed by atoms with E-state index in [2.05, 4.69) is 21.7 Å². The number of rotatable bonds is 9. The third-order valence-electron chi connectivity index (χ3n) is 5.84. The minimum absolute atomic E-state index is 0.103. The second kappa shape index (κ2) is 8.85. The van der Waals surface area contributed by atoms with E-state index in [1.165, 1.54) is 32.1 Å². The predicted molar refractivity (Wildman–Crippen MR) is 107 cm³/mol. The molecule has 6 heteroatoms. The van der Waals surface area contributed by atoms with Crippen LogP contribution >= 0.6 is 0 Å². The molecule has 1 aliphatic heterocycles. The van der Waals surface area contributed by atoms with E-state index < -0.39 is 0 Å². The molecule has 2 N–H and O–H groups in total. The smallest absolute Gasteiger partial charge is 0.272 e. The highest BCUT2D eigenvalue weighted by atomic mass is 16.2. The molecule has 146 valence electrons. The third-order valence-corrected chi connectivity index (χ3v) is 5.84. The summed E-state index contributed by atoms with van der Waals surface area (Å²) in [6.07, 6.45) is 10.7. The average Bonchev–Trinajstić information content (AvgIpc) is 3.14. The third kappa shape index (κ3) is 4.33. The van der Waals surface area contributed by atoms with Crippen LogP contribution in [0.1, 0.15) is 61.1 Å². The lowest BCUT2D eigenvalue weighted by atomic mass is 9.95. The Morgan fingerprint density at radius 2 is 1.96 bits per heavy atom. The molecule has 0 bridgehead atoms. The maximum atomic E-state index is 12.7. The number of aromatic nitrogens is 2. The van der Waals surface area contributed by atoms with Gasteiger partial charge in [-0.2, -0.15) is 0 Å². The molecule has 6 nitrogen and oxygen atoms in total. The molecule has 1 fully saturated rings. The number of hydrogen-bond donors (Lipinski definition) is 2. The lowest BCUT2D eigenvalue weighted by molar-refractivity contribution is 0.0711. The summed E-state index contributed by atoms with van der Waals surface area (Å²) in [4.78, 5) is 19.0. The summed E-state index contributed by atoms with van der Waals surface area (Å²) >= 11 is 0. The summed E-state index contributed by atoms with van der Waals surface area (Å²) in [5.41, 5.74) is 2.70. The van der Waals surface area contributed by atoms with Gasteiger partial charge in [0.25, 0.3) is 5.91 Å². The zero-order valence-electron chi connectivity index (χ0n) is 16.1. The number of carbonyl (C=O) groups excluding carboxylic acids is 1. The van der Waals surface area contributed by atoms with Crippen molar-refractivity contribution < 1.29 is 4.79 Å². The van der Waals surface area contributed by atoms with Crippen LogP contribution in [-0.4, -0.2) is 52.4 Å². The molecular weight excluding hydrogens is 338 g/mol. The summed E-state index contributed by atoms with van der Waals surface area (Å²) in [6, 6.07) is 6.78. The molecule has 1 amide bonds. The van der Waals surface area contributed by atoms with Crippen molar-refractivity contribution in [3.63, 3.8) is 0 Å². The van der Waals surface area contributed by atoms with Crippen LogP contribution in [0.2, 0.25) is 0 Å². The Morgan fingerprint density at radius 1 is 1.07 bits per heavy atom. The normalized spacial score (nSPS) is 17.8. The molecule has 27 heavy (non-hydrogen) atoms. The number of hydrogen-bond acceptors (Lipinski definition) is 4. The Hall–Kier alpha value is -1.92. The van der Waals surface area contributed by atoms with E-state index in [1.54, 1.807) is 6.20 Å².